The monoisotopic (exact) mass is 237 g/mol. The van der Waals surface area contributed by atoms with Gasteiger partial charge in [-0.3, -0.25) is 0 Å². The van der Waals surface area contributed by atoms with Gasteiger partial charge in [0.15, 0.2) is 0 Å². The molecule has 0 saturated carbocycles. The van der Waals surface area contributed by atoms with Crippen LogP contribution in [0.3, 0.4) is 0 Å². The van der Waals surface area contributed by atoms with Crippen LogP contribution in [0.15, 0.2) is 30.7 Å². The Morgan fingerprint density at radius 3 is 2.88 bits per heavy atom. The Kier molecular flexibility index (Phi) is 3.22. The van der Waals surface area contributed by atoms with E-state index in [2.05, 4.69) is 9.97 Å². The van der Waals surface area contributed by atoms with E-state index in [-0.39, 0.29) is 0 Å². The molecule has 0 aliphatic carbocycles. The molecule has 0 aliphatic rings. The number of rotatable bonds is 3. The maximum absolute atomic E-state index is 10.1. The topological polar surface area (TPSA) is 50.9 Å². The first-order chi connectivity index (χ1) is 7.72. The summed E-state index contributed by atoms with van der Waals surface area (Å²) in [6, 6.07) is 3.40. The Hall–Kier alpha value is -1.39. The molecule has 0 aromatic carbocycles. The van der Waals surface area contributed by atoms with Crippen molar-refractivity contribution in [3.8, 4) is 0 Å². The predicted octanol–water partition coefficient (Wildman–Crippen LogP) is 2.03. The summed E-state index contributed by atoms with van der Waals surface area (Å²) in [7, 11) is 0. The number of hydrogen-bond donors (Lipinski definition) is 1. The van der Waals surface area contributed by atoms with Gasteiger partial charge in [-0.05, 0) is 13.0 Å². The molecular weight excluding hydrogens is 226 g/mol. The van der Waals surface area contributed by atoms with Gasteiger partial charge < -0.3 is 9.67 Å². The number of imidazole rings is 1. The van der Waals surface area contributed by atoms with Crippen molar-refractivity contribution in [2.75, 3.05) is 0 Å². The van der Waals surface area contributed by atoms with Crippen LogP contribution in [0, 0.1) is 0 Å². The van der Waals surface area contributed by atoms with Gasteiger partial charge in [-0.2, -0.15) is 0 Å². The van der Waals surface area contributed by atoms with Crippen molar-refractivity contribution in [1.82, 2.24) is 14.5 Å². The quantitative estimate of drug-likeness (QED) is 0.832. The van der Waals surface area contributed by atoms with Crippen LogP contribution in [0.25, 0.3) is 0 Å². The van der Waals surface area contributed by atoms with Gasteiger partial charge in [0, 0.05) is 30.7 Å². The lowest BCUT2D eigenvalue weighted by Gasteiger charge is -2.11. The van der Waals surface area contributed by atoms with Crippen molar-refractivity contribution in [3.05, 3.63) is 47.3 Å². The van der Waals surface area contributed by atoms with E-state index in [1.807, 2.05) is 17.7 Å². The lowest BCUT2D eigenvalue weighted by atomic mass is 10.1. The minimum atomic E-state index is -0.764. The third kappa shape index (κ3) is 2.08. The van der Waals surface area contributed by atoms with Crippen molar-refractivity contribution < 1.29 is 5.11 Å². The van der Waals surface area contributed by atoms with E-state index in [9.17, 15) is 5.11 Å². The van der Waals surface area contributed by atoms with Crippen LogP contribution in [0.4, 0.5) is 0 Å². The van der Waals surface area contributed by atoms with E-state index in [1.54, 1.807) is 24.5 Å². The fourth-order valence-corrected chi connectivity index (χ4v) is 1.65. The smallest absolute Gasteiger partial charge is 0.142 e. The Morgan fingerprint density at radius 2 is 2.25 bits per heavy atom. The number of aliphatic hydroxyl groups is 1. The van der Waals surface area contributed by atoms with Crippen LogP contribution >= 0.6 is 11.6 Å². The zero-order valence-corrected chi connectivity index (χ0v) is 9.59. The highest BCUT2D eigenvalue weighted by Crippen LogP contribution is 2.20. The second-order valence-corrected chi connectivity index (χ2v) is 3.78. The largest absolute Gasteiger partial charge is 0.380 e. The van der Waals surface area contributed by atoms with E-state index in [1.165, 1.54) is 0 Å². The van der Waals surface area contributed by atoms with Gasteiger partial charge in [0.1, 0.15) is 17.1 Å². The molecule has 0 fully saturated rings. The van der Waals surface area contributed by atoms with Crippen LogP contribution in [0.2, 0.25) is 5.15 Å². The van der Waals surface area contributed by atoms with E-state index in [4.69, 9.17) is 11.6 Å². The summed E-state index contributed by atoms with van der Waals surface area (Å²) in [6.45, 7) is 2.77. The molecule has 0 aliphatic heterocycles. The van der Waals surface area contributed by atoms with Crippen molar-refractivity contribution >= 4 is 11.6 Å². The molecule has 1 N–H and O–H groups in total. The number of aryl methyl sites for hydroxylation is 1. The van der Waals surface area contributed by atoms with Crippen LogP contribution < -0.4 is 0 Å². The lowest BCUT2D eigenvalue weighted by Crippen LogP contribution is -2.09. The zero-order chi connectivity index (χ0) is 11.5. The standard InChI is InChI=1S/C11H12ClN3O/c1-2-15-6-5-13-11(15)10(16)8-3-4-9(12)14-7-8/h3-7,10,16H,2H2,1H3. The Bertz CT molecular complexity index is 466. The van der Waals surface area contributed by atoms with Crippen molar-refractivity contribution in [1.29, 1.82) is 0 Å². The summed E-state index contributed by atoms with van der Waals surface area (Å²) < 4.78 is 1.89. The van der Waals surface area contributed by atoms with Gasteiger partial charge >= 0.3 is 0 Å². The number of aromatic nitrogens is 3. The molecule has 2 heterocycles. The molecule has 2 aromatic heterocycles. The second-order valence-electron chi connectivity index (χ2n) is 3.39. The molecule has 0 bridgehead atoms. The summed E-state index contributed by atoms with van der Waals surface area (Å²) in [5, 5.41) is 10.5. The molecule has 0 amide bonds. The maximum Gasteiger partial charge on any atom is 0.142 e. The Balaban J connectivity index is 2.31. The highest BCUT2D eigenvalue weighted by molar-refractivity contribution is 6.29. The number of pyridine rings is 1. The summed E-state index contributed by atoms with van der Waals surface area (Å²) in [4.78, 5) is 8.07. The maximum atomic E-state index is 10.1. The fourth-order valence-electron chi connectivity index (χ4n) is 1.53. The highest BCUT2D eigenvalue weighted by atomic mass is 35.5. The van der Waals surface area contributed by atoms with Gasteiger partial charge in [-0.1, -0.05) is 17.7 Å². The minimum absolute atomic E-state index is 0.412. The van der Waals surface area contributed by atoms with Crippen LogP contribution in [-0.4, -0.2) is 19.6 Å². The fraction of sp³-hybridized carbons (Fsp3) is 0.273. The van der Waals surface area contributed by atoms with E-state index < -0.39 is 6.10 Å². The average Bonchev–Trinajstić information content (AvgIpc) is 2.77. The van der Waals surface area contributed by atoms with Gasteiger partial charge in [0.05, 0.1) is 0 Å². The molecule has 16 heavy (non-hydrogen) atoms. The summed E-state index contributed by atoms with van der Waals surface area (Å²) in [6.07, 6.45) is 4.30. The Labute approximate surface area is 98.5 Å². The first kappa shape index (κ1) is 11.1. The third-order valence-electron chi connectivity index (χ3n) is 2.40. The zero-order valence-electron chi connectivity index (χ0n) is 8.84. The van der Waals surface area contributed by atoms with Gasteiger partial charge in [-0.15, -0.1) is 0 Å². The highest BCUT2D eigenvalue weighted by Gasteiger charge is 2.15. The van der Waals surface area contributed by atoms with Gasteiger partial charge in [-0.25, -0.2) is 9.97 Å². The number of halogens is 1. The minimum Gasteiger partial charge on any atom is -0.380 e. The normalized spacial score (nSPS) is 12.7. The first-order valence-corrected chi connectivity index (χ1v) is 5.40. The second kappa shape index (κ2) is 4.63. The van der Waals surface area contributed by atoms with E-state index in [0.29, 0.717) is 16.5 Å². The first-order valence-electron chi connectivity index (χ1n) is 5.03. The summed E-state index contributed by atoms with van der Waals surface area (Å²) in [5.41, 5.74) is 0.685. The summed E-state index contributed by atoms with van der Waals surface area (Å²) >= 11 is 5.69. The Morgan fingerprint density at radius 1 is 1.44 bits per heavy atom. The van der Waals surface area contributed by atoms with Crippen molar-refractivity contribution in [2.24, 2.45) is 0 Å². The molecule has 2 rings (SSSR count). The number of nitrogens with zero attached hydrogens (tertiary/aromatic N) is 3. The predicted molar refractivity (Wildman–Crippen MR) is 61.2 cm³/mol. The molecule has 0 saturated heterocycles. The average molecular weight is 238 g/mol. The van der Waals surface area contributed by atoms with Crippen LogP contribution in [0.1, 0.15) is 24.4 Å². The van der Waals surface area contributed by atoms with Crippen molar-refractivity contribution in [2.45, 2.75) is 19.6 Å². The molecule has 1 atom stereocenters. The number of aliphatic hydroxyl groups excluding tert-OH is 1. The van der Waals surface area contributed by atoms with Gasteiger partial charge in [0.2, 0.25) is 0 Å². The molecule has 0 radical (unpaired) electrons. The van der Waals surface area contributed by atoms with Gasteiger partial charge in [0.25, 0.3) is 0 Å². The molecule has 0 spiro atoms. The molecule has 1 unspecified atom stereocenters. The number of hydrogen-bond acceptors (Lipinski definition) is 3. The van der Waals surface area contributed by atoms with Crippen LogP contribution in [-0.2, 0) is 6.54 Å². The molecular formula is C11H12ClN3O. The molecule has 2 aromatic rings. The lowest BCUT2D eigenvalue weighted by molar-refractivity contribution is 0.204. The molecule has 4 nitrogen and oxygen atoms in total. The van der Waals surface area contributed by atoms with E-state index in [0.717, 1.165) is 6.54 Å². The van der Waals surface area contributed by atoms with E-state index >= 15 is 0 Å². The summed E-state index contributed by atoms with van der Waals surface area (Å²) in [5.74, 6) is 0.617. The third-order valence-corrected chi connectivity index (χ3v) is 2.62. The van der Waals surface area contributed by atoms with Crippen LogP contribution in [0.5, 0.6) is 0 Å². The SMILES string of the molecule is CCn1ccnc1C(O)c1ccc(Cl)nc1. The molecule has 5 heteroatoms. The molecule has 84 valence electrons. The van der Waals surface area contributed by atoms with Crippen molar-refractivity contribution in [3.63, 3.8) is 0 Å².